The van der Waals surface area contributed by atoms with Gasteiger partial charge in [-0.05, 0) is 30.2 Å². The molecule has 1 fully saturated rings. The van der Waals surface area contributed by atoms with Gasteiger partial charge in [0.2, 0.25) is 5.88 Å². The summed E-state index contributed by atoms with van der Waals surface area (Å²) in [6, 6.07) is 9.13. The van der Waals surface area contributed by atoms with Crippen molar-refractivity contribution < 1.29 is 9.53 Å². The summed E-state index contributed by atoms with van der Waals surface area (Å²) >= 11 is 0. The van der Waals surface area contributed by atoms with Crippen LogP contribution in [0.5, 0.6) is 5.88 Å². The first-order chi connectivity index (χ1) is 11.7. The van der Waals surface area contributed by atoms with Crippen molar-refractivity contribution in [2.24, 2.45) is 0 Å². The number of carbonyl (C=O) groups excluding carboxylic acids is 1. The van der Waals surface area contributed by atoms with Gasteiger partial charge in [0.25, 0.3) is 5.91 Å². The van der Waals surface area contributed by atoms with Crippen LogP contribution in [0.15, 0.2) is 36.7 Å². The summed E-state index contributed by atoms with van der Waals surface area (Å²) in [5.41, 5.74) is 2.07. The van der Waals surface area contributed by atoms with Gasteiger partial charge in [0, 0.05) is 31.4 Å². The first-order valence-electron chi connectivity index (χ1n) is 7.96. The van der Waals surface area contributed by atoms with Crippen molar-refractivity contribution in [1.82, 2.24) is 14.9 Å². The number of pyridine rings is 2. The highest BCUT2D eigenvalue weighted by Crippen LogP contribution is 2.18. The van der Waals surface area contributed by atoms with Crippen LogP contribution in [-0.2, 0) is 6.42 Å². The molecule has 1 aliphatic heterocycles. The first kappa shape index (κ1) is 15.9. The van der Waals surface area contributed by atoms with Crippen LogP contribution in [0.4, 0.5) is 0 Å². The van der Waals surface area contributed by atoms with Gasteiger partial charge in [-0.2, -0.15) is 5.26 Å². The molecule has 0 radical (unpaired) electrons. The van der Waals surface area contributed by atoms with Crippen LogP contribution in [-0.4, -0.2) is 40.0 Å². The number of rotatable bonds is 4. The van der Waals surface area contributed by atoms with E-state index in [1.165, 1.54) is 6.20 Å². The van der Waals surface area contributed by atoms with E-state index in [1.807, 2.05) is 25.1 Å². The Morgan fingerprint density at radius 1 is 1.42 bits per heavy atom. The monoisotopic (exact) mass is 322 g/mol. The molecule has 2 aromatic rings. The molecular formula is C18H18N4O2. The lowest BCUT2D eigenvalue weighted by Crippen LogP contribution is -2.31. The summed E-state index contributed by atoms with van der Waals surface area (Å²) in [5, 5.41) is 8.77. The number of amides is 1. The summed E-state index contributed by atoms with van der Waals surface area (Å²) in [7, 11) is 0. The molecular weight excluding hydrogens is 304 g/mol. The van der Waals surface area contributed by atoms with Crippen LogP contribution in [0.3, 0.4) is 0 Å². The van der Waals surface area contributed by atoms with Gasteiger partial charge >= 0.3 is 0 Å². The summed E-state index contributed by atoms with van der Waals surface area (Å²) in [6.07, 6.45) is 4.69. The third-order valence-electron chi connectivity index (χ3n) is 4.04. The fourth-order valence-electron chi connectivity index (χ4n) is 2.67. The number of ether oxygens (including phenoxy) is 1. The van der Waals surface area contributed by atoms with E-state index >= 15 is 0 Å². The maximum atomic E-state index is 12.6. The Balaban J connectivity index is 1.62. The topological polar surface area (TPSA) is 79.1 Å². The van der Waals surface area contributed by atoms with Crippen LogP contribution in [0, 0.1) is 11.3 Å². The highest BCUT2D eigenvalue weighted by atomic mass is 16.5. The summed E-state index contributed by atoms with van der Waals surface area (Å²) in [6.45, 7) is 3.20. The van der Waals surface area contributed by atoms with Gasteiger partial charge in [-0.25, -0.2) is 4.98 Å². The van der Waals surface area contributed by atoms with E-state index in [2.05, 4.69) is 9.97 Å². The van der Waals surface area contributed by atoms with Crippen molar-refractivity contribution in [1.29, 1.82) is 5.26 Å². The van der Waals surface area contributed by atoms with Gasteiger partial charge in [-0.1, -0.05) is 6.92 Å². The van der Waals surface area contributed by atoms with E-state index in [0.717, 1.165) is 18.4 Å². The van der Waals surface area contributed by atoms with Crippen LogP contribution in [0.25, 0.3) is 0 Å². The van der Waals surface area contributed by atoms with Gasteiger partial charge in [-0.3, -0.25) is 9.78 Å². The molecule has 1 unspecified atom stereocenters. The molecule has 0 bridgehead atoms. The molecule has 1 saturated heterocycles. The van der Waals surface area contributed by atoms with Gasteiger partial charge in [-0.15, -0.1) is 0 Å². The number of hydrogen-bond acceptors (Lipinski definition) is 5. The van der Waals surface area contributed by atoms with Gasteiger partial charge in [0.1, 0.15) is 17.9 Å². The smallest absolute Gasteiger partial charge is 0.272 e. The predicted molar refractivity (Wildman–Crippen MR) is 87.5 cm³/mol. The molecule has 24 heavy (non-hydrogen) atoms. The molecule has 0 spiro atoms. The summed E-state index contributed by atoms with van der Waals surface area (Å²) in [5.74, 6) is 0.406. The largest absolute Gasteiger partial charge is 0.472 e. The van der Waals surface area contributed by atoms with Crippen molar-refractivity contribution in [3.63, 3.8) is 0 Å². The lowest BCUT2D eigenvalue weighted by Gasteiger charge is -2.16. The van der Waals surface area contributed by atoms with E-state index in [9.17, 15) is 4.79 Å². The Bertz CT molecular complexity index is 767. The molecule has 6 nitrogen and oxygen atoms in total. The second kappa shape index (κ2) is 7.09. The molecule has 122 valence electrons. The molecule has 0 aromatic carbocycles. The number of hydrogen-bond donors (Lipinski definition) is 0. The molecule has 1 aliphatic rings. The molecule has 0 saturated carbocycles. The highest BCUT2D eigenvalue weighted by Gasteiger charge is 2.29. The van der Waals surface area contributed by atoms with E-state index in [1.54, 1.807) is 23.2 Å². The van der Waals surface area contributed by atoms with Crippen molar-refractivity contribution >= 4 is 5.91 Å². The van der Waals surface area contributed by atoms with Gasteiger partial charge in [0.05, 0.1) is 12.1 Å². The lowest BCUT2D eigenvalue weighted by molar-refractivity contribution is 0.0765. The van der Waals surface area contributed by atoms with Crippen molar-refractivity contribution in [3.05, 3.63) is 53.5 Å². The molecule has 2 aromatic heterocycles. The van der Waals surface area contributed by atoms with Crippen LogP contribution < -0.4 is 4.74 Å². The number of nitrogens with zero attached hydrogens (tertiary/aromatic N) is 4. The molecule has 0 N–H and O–H groups in total. The first-order valence-corrected chi connectivity index (χ1v) is 7.96. The van der Waals surface area contributed by atoms with Crippen LogP contribution in [0.1, 0.15) is 35.0 Å². The third kappa shape index (κ3) is 3.51. The fourth-order valence-corrected chi connectivity index (χ4v) is 2.67. The molecule has 3 rings (SSSR count). The summed E-state index contributed by atoms with van der Waals surface area (Å²) < 4.78 is 5.80. The minimum Gasteiger partial charge on any atom is -0.472 e. The average Bonchev–Trinajstić information content (AvgIpc) is 3.10. The Kier molecular flexibility index (Phi) is 4.71. The Labute approximate surface area is 140 Å². The number of likely N-dealkylation sites (tertiary alicyclic amines) is 1. The second-order valence-corrected chi connectivity index (χ2v) is 5.68. The minimum atomic E-state index is -0.0938. The van der Waals surface area contributed by atoms with Gasteiger partial charge in [0.15, 0.2) is 0 Å². The van der Waals surface area contributed by atoms with Crippen molar-refractivity contribution in [2.45, 2.75) is 25.9 Å². The minimum absolute atomic E-state index is 0.0656. The molecule has 1 atom stereocenters. The summed E-state index contributed by atoms with van der Waals surface area (Å²) in [4.78, 5) is 22.6. The van der Waals surface area contributed by atoms with Crippen molar-refractivity contribution in [2.75, 3.05) is 13.1 Å². The van der Waals surface area contributed by atoms with Crippen molar-refractivity contribution in [3.8, 4) is 11.9 Å². The quantitative estimate of drug-likeness (QED) is 0.862. The number of nitriles is 1. The Hall–Kier alpha value is -2.94. The number of aromatic nitrogens is 2. The maximum absolute atomic E-state index is 12.6. The molecule has 6 heteroatoms. The molecule has 3 heterocycles. The zero-order valence-corrected chi connectivity index (χ0v) is 13.5. The highest BCUT2D eigenvalue weighted by molar-refractivity contribution is 5.92. The lowest BCUT2D eigenvalue weighted by atomic mass is 10.2. The molecule has 1 amide bonds. The predicted octanol–water partition coefficient (Wildman–Crippen LogP) is 2.20. The zero-order valence-electron chi connectivity index (χ0n) is 13.5. The Morgan fingerprint density at radius 2 is 2.29 bits per heavy atom. The number of aryl methyl sites for hydroxylation is 1. The SMILES string of the molecule is CCc1ccnc(C(=O)N2CCC(Oc3ccc(C#N)cn3)C2)c1. The van der Waals surface area contributed by atoms with Crippen LogP contribution >= 0.6 is 0 Å². The average molecular weight is 322 g/mol. The normalized spacial score (nSPS) is 16.7. The van der Waals surface area contributed by atoms with E-state index in [0.29, 0.717) is 30.2 Å². The van der Waals surface area contributed by atoms with Gasteiger partial charge < -0.3 is 9.64 Å². The fraction of sp³-hybridized carbons (Fsp3) is 0.333. The molecule has 0 aliphatic carbocycles. The van der Waals surface area contributed by atoms with E-state index in [-0.39, 0.29) is 12.0 Å². The standard InChI is InChI=1S/C18H18N4O2/c1-2-13-5-7-20-16(9-13)18(23)22-8-6-15(12-22)24-17-4-3-14(10-19)11-21-17/h3-5,7,9,11,15H,2,6,8,12H2,1H3. The van der Waals surface area contributed by atoms with Crippen LogP contribution in [0.2, 0.25) is 0 Å². The maximum Gasteiger partial charge on any atom is 0.272 e. The second-order valence-electron chi connectivity index (χ2n) is 5.68. The van der Waals surface area contributed by atoms with E-state index < -0.39 is 0 Å². The van der Waals surface area contributed by atoms with E-state index in [4.69, 9.17) is 10.00 Å². The number of carbonyl (C=O) groups is 1. The zero-order chi connectivity index (χ0) is 16.9. The Morgan fingerprint density at radius 3 is 3.00 bits per heavy atom. The third-order valence-corrected chi connectivity index (χ3v) is 4.04.